The standard InChI is InChI=1S/C16H20N4O3S/c1-3-24(22,23)20-14-9-7-13(8-10-14)19-16(21)18-12(2)15-6-4-5-11-17-15/h4-12,20H,3H2,1-2H3,(H2,18,19,21)/t12-/m1/s1. The summed E-state index contributed by atoms with van der Waals surface area (Å²) in [5.74, 6) is 0.000811. The first-order valence-electron chi connectivity index (χ1n) is 7.48. The van der Waals surface area contributed by atoms with Crippen LogP contribution >= 0.6 is 0 Å². The van der Waals surface area contributed by atoms with Crippen LogP contribution in [0.1, 0.15) is 25.6 Å². The number of hydrogen-bond acceptors (Lipinski definition) is 4. The van der Waals surface area contributed by atoms with Crippen LogP contribution in [0.25, 0.3) is 0 Å². The number of pyridine rings is 1. The number of hydrogen-bond donors (Lipinski definition) is 3. The summed E-state index contributed by atoms with van der Waals surface area (Å²) < 4.78 is 25.4. The van der Waals surface area contributed by atoms with E-state index >= 15 is 0 Å². The van der Waals surface area contributed by atoms with E-state index in [9.17, 15) is 13.2 Å². The average Bonchev–Trinajstić information content (AvgIpc) is 2.57. The van der Waals surface area contributed by atoms with Crippen molar-refractivity contribution in [2.75, 3.05) is 15.8 Å². The number of urea groups is 1. The Morgan fingerprint density at radius 1 is 1.12 bits per heavy atom. The van der Waals surface area contributed by atoms with Crippen LogP contribution in [0.15, 0.2) is 48.7 Å². The topological polar surface area (TPSA) is 100 Å². The molecule has 0 saturated carbocycles. The molecular formula is C16H20N4O3S. The highest BCUT2D eigenvalue weighted by atomic mass is 32.2. The maximum absolute atomic E-state index is 12.0. The minimum atomic E-state index is -3.31. The van der Waals surface area contributed by atoms with Crippen LogP contribution in [0, 0.1) is 0 Å². The van der Waals surface area contributed by atoms with Gasteiger partial charge in [0.2, 0.25) is 10.0 Å². The molecule has 2 aromatic rings. The number of sulfonamides is 1. The van der Waals surface area contributed by atoms with Gasteiger partial charge in [0.05, 0.1) is 17.5 Å². The predicted octanol–water partition coefficient (Wildman–Crippen LogP) is 2.73. The Bertz CT molecular complexity index is 777. The van der Waals surface area contributed by atoms with Crippen molar-refractivity contribution >= 4 is 27.4 Å². The molecule has 2 amide bonds. The Morgan fingerprint density at radius 2 is 1.79 bits per heavy atom. The lowest BCUT2D eigenvalue weighted by atomic mass is 10.2. The van der Waals surface area contributed by atoms with Crippen molar-refractivity contribution in [3.05, 3.63) is 54.4 Å². The quantitative estimate of drug-likeness (QED) is 0.747. The van der Waals surface area contributed by atoms with E-state index in [0.717, 1.165) is 5.69 Å². The van der Waals surface area contributed by atoms with Crippen LogP contribution in [0.5, 0.6) is 0 Å². The molecule has 0 bridgehead atoms. The van der Waals surface area contributed by atoms with E-state index in [4.69, 9.17) is 0 Å². The molecule has 2 rings (SSSR count). The summed E-state index contributed by atoms with van der Waals surface area (Å²) in [4.78, 5) is 16.2. The molecule has 3 N–H and O–H groups in total. The summed E-state index contributed by atoms with van der Waals surface area (Å²) in [6.07, 6.45) is 1.67. The maximum Gasteiger partial charge on any atom is 0.319 e. The molecule has 7 nitrogen and oxygen atoms in total. The lowest BCUT2D eigenvalue weighted by Crippen LogP contribution is -2.31. The van der Waals surface area contributed by atoms with Gasteiger partial charge in [0.15, 0.2) is 0 Å². The van der Waals surface area contributed by atoms with E-state index in [0.29, 0.717) is 11.4 Å². The molecule has 8 heteroatoms. The molecule has 0 aliphatic rings. The van der Waals surface area contributed by atoms with Crippen molar-refractivity contribution in [3.8, 4) is 0 Å². The predicted molar refractivity (Wildman–Crippen MR) is 94.3 cm³/mol. The Labute approximate surface area is 141 Å². The van der Waals surface area contributed by atoms with Crippen LogP contribution in [0.2, 0.25) is 0 Å². The van der Waals surface area contributed by atoms with Gasteiger partial charge >= 0.3 is 6.03 Å². The Kier molecular flexibility index (Phi) is 5.75. The number of nitrogens with zero attached hydrogens (tertiary/aromatic N) is 1. The van der Waals surface area contributed by atoms with E-state index in [1.807, 2.05) is 25.1 Å². The number of rotatable bonds is 6. The average molecular weight is 348 g/mol. The molecular weight excluding hydrogens is 328 g/mol. The van der Waals surface area contributed by atoms with Gasteiger partial charge < -0.3 is 10.6 Å². The van der Waals surface area contributed by atoms with Crippen LogP contribution in [0.4, 0.5) is 16.2 Å². The van der Waals surface area contributed by atoms with Gasteiger partial charge in [0.25, 0.3) is 0 Å². The summed E-state index contributed by atoms with van der Waals surface area (Å²) in [6, 6.07) is 11.3. The number of carbonyl (C=O) groups excluding carboxylic acids is 1. The zero-order valence-corrected chi connectivity index (χ0v) is 14.3. The summed E-state index contributed by atoms with van der Waals surface area (Å²) in [6.45, 7) is 3.40. The molecule has 128 valence electrons. The van der Waals surface area contributed by atoms with Gasteiger partial charge in [0, 0.05) is 17.6 Å². The summed E-state index contributed by atoms with van der Waals surface area (Å²) in [5.41, 5.74) is 1.77. The Balaban J connectivity index is 1.92. The van der Waals surface area contributed by atoms with Crippen molar-refractivity contribution < 1.29 is 13.2 Å². The lowest BCUT2D eigenvalue weighted by Gasteiger charge is -2.14. The van der Waals surface area contributed by atoms with Gasteiger partial charge in [-0.15, -0.1) is 0 Å². The van der Waals surface area contributed by atoms with E-state index in [-0.39, 0.29) is 17.8 Å². The summed E-state index contributed by atoms with van der Waals surface area (Å²) in [7, 11) is -3.31. The fraction of sp³-hybridized carbons (Fsp3) is 0.250. The molecule has 0 fully saturated rings. The third-order valence-electron chi connectivity index (χ3n) is 3.28. The lowest BCUT2D eigenvalue weighted by molar-refractivity contribution is 0.249. The van der Waals surface area contributed by atoms with Crippen molar-refractivity contribution in [1.29, 1.82) is 0 Å². The number of anilines is 2. The van der Waals surface area contributed by atoms with Gasteiger partial charge in [-0.1, -0.05) is 6.07 Å². The first kappa shape index (κ1) is 17.7. The second kappa shape index (κ2) is 7.78. The van der Waals surface area contributed by atoms with Crippen molar-refractivity contribution in [3.63, 3.8) is 0 Å². The van der Waals surface area contributed by atoms with Gasteiger partial charge in [0.1, 0.15) is 0 Å². The summed E-state index contributed by atoms with van der Waals surface area (Å²) in [5, 5.41) is 5.47. The van der Waals surface area contributed by atoms with E-state index in [1.165, 1.54) is 0 Å². The highest BCUT2D eigenvalue weighted by molar-refractivity contribution is 7.92. The fourth-order valence-electron chi connectivity index (χ4n) is 1.94. The van der Waals surface area contributed by atoms with Crippen molar-refractivity contribution in [1.82, 2.24) is 10.3 Å². The third kappa shape index (κ3) is 5.24. The van der Waals surface area contributed by atoms with E-state index in [1.54, 1.807) is 37.4 Å². The number of aromatic nitrogens is 1. The SMILES string of the molecule is CCS(=O)(=O)Nc1ccc(NC(=O)N[C@H](C)c2ccccn2)cc1. The minimum absolute atomic E-state index is 0.000811. The van der Waals surface area contributed by atoms with Crippen LogP contribution in [-0.2, 0) is 10.0 Å². The fourth-order valence-corrected chi connectivity index (χ4v) is 2.58. The smallest absolute Gasteiger partial charge is 0.319 e. The van der Waals surface area contributed by atoms with Gasteiger partial charge in [-0.25, -0.2) is 13.2 Å². The number of carbonyl (C=O) groups is 1. The molecule has 24 heavy (non-hydrogen) atoms. The highest BCUT2D eigenvalue weighted by Crippen LogP contribution is 2.15. The van der Waals surface area contributed by atoms with Crippen LogP contribution in [-0.4, -0.2) is 25.2 Å². The largest absolute Gasteiger partial charge is 0.330 e. The first-order chi connectivity index (χ1) is 11.4. The molecule has 0 unspecified atom stereocenters. The maximum atomic E-state index is 12.0. The number of amides is 2. The first-order valence-corrected chi connectivity index (χ1v) is 9.14. The van der Waals surface area contributed by atoms with Crippen molar-refractivity contribution in [2.45, 2.75) is 19.9 Å². The van der Waals surface area contributed by atoms with E-state index in [2.05, 4.69) is 20.3 Å². The molecule has 0 aliphatic carbocycles. The van der Waals surface area contributed by atoms with Gasteiger partial charge in [-0.3, -0.25) is 9.71 Å². The van der Waals surface area contributed by atoms with Crippen LogP contribution in [0.3, 0.4) is 0 Å². The molecule has 0 spiro atoms. The Morgan fingerprint density at radius 3 is 2.38 bits per heavy atom. The second-order valence-corrected chi connectivity index (χ2v) is 7.17. The van der Waals surface area contributed by atoms with Crippen LogP contribution < -0.4 is 15.4 Å². The van der Waals surface area contributed by atoms with Gasteiger partial charge in [-0.05, 0) is 50.2 Å². The highest BCUT2D eigenvalue weighted by Gasteiger charge is 2.11. The minimum Gasteiger partial charge on any atom is -0.330 e. The molecule has 1 heterocycles. The number of nitrogens with one attached hydrogen (secondary N) is 3. The molecule has 1 aromatic carbocycles. The van der Waals surface area contributed by atoms with E-state index < -0.39 is 10.0 Å². The molecule has 1 atom stereocenters. The monoisotopic (exact) mass is 348 g/mol. The molecule has 0 saturated heterocycles. The third-order valence-corrected chi connectivity index (χ3v) is 4.58. The second-order valence-electron chi connectivity index (χ2n) is 5.16. The van der Waals surface area contributed by atoms with Gasteiger partial charge in [-0.2, -0.15) is 0 Å². The molecule has 1 aromatic heterocycles. The summed E-state index contributed by atoms with van der Waals surface area (Å²) >= 11 is 0. The zero-order chi connectivity index (χ0) is 17.6. The molecule has 0 aliphatic heterocycles. The van der Waals surface area contributed by atoms with Crippen molar-refractivity contribution in [2.24, 2.45) is 0 Å². The Hall–Kier alpha value is -2.61. The molecule has 0 radical (unpaired) electrons. The number of benzene rings is 1. The normalized spacial score (nSPS) is 12.2. The zero-order valence-electron chi connectivity index (χ0n) is 13.5.